The van der Waals surface area contributed by atoms with Gasteiger partial charge >= 0.3 is 5.97 Å². The molecule has 1 aromatic rings. The van der Waals surface area contributed by atoms with E-state index in [0.717, 1.165) is 6.07 Å². The summed E-state index contributed by atoms with van der Waals surface area (Å²) in [6.07, 6.45) is 1.05. The number of hydrogen-bond acceptors (Lipinski definition) is 2. The zero-order chi connectivity index (χ0) is 14.0. The fraction of sp³-hybridized carbons (Fsp3) is 0.500. The molecule has 1 aliphatic heterocycles. The van der Waals surface area contributed by atoms with Crippen LogP contribution in [0.2, 0.25) is 0 Å². The first-order valence-electron chi connectivity index (χ1n) is 6.31. The van der Waals surface area contributed by atoms with E-state index in [0.29, 0.717) is 38.0 Å². The van der Waals surface area contributed by atoms with E-state index >= 15 is 0 Å². The fourth-order valence-corrected chi connectivity index (χ4v) is 2.33. The van der Waals surface area contributed by atoms with Gasteiger partial charge in [-0.25, -0.2) is 8.78 Å². The molecule has 0 amide bonds. The van der Waals surface area contributed by atoms with Crippen LogP contribution in [0.4, 0.5) is 8.78 Å². The number of benzene rings is 1. The fourth-order valence-electron chi connectivity index (χ4n) is 2.33. The van der Waals surface area contributed by atoms with Gasteiger partial charge in [-0.05, 0) is 38.9 Å². The van der Waals surface area contributed by atoms with Crippen molar-refractivity contribution < 1.29 is 18.7 Å². The summed E-state index contributed by atoms with van der Waals surface area (Å²) < 4.78 is 26.6. The Morgan fingerprint density at radius 1 is 1.37 bits per heavy atom. The highest BCUT2D eigenvalue weighted by atomic mass is 19.2. The normalized spacial score (nSPS) is 19.3. The number of piperidine rings is 1. The number of hydrogen-bond donors (Lipinski definition) is 1. The predicted octanol–water partition coefficient (Wildman–Crippen LogP) is 2.65. The van der Waals surface area contributed by atoms with Crippen LogP contribution in [0, 0.1) is 17.0 Å². The first-order valence-corrected chi connectivity index (χ1v) is 6.31. The standard InChI is InChI=1S/C14H17F2NO2/c1-14(13(18)19)5-7-17(8-6-14)9-10-3-2-4-11(15)12(10)16/h2-4H,5-9H2,1H3,(H,18,19). The lowest BCUT2D eigenvalue weighted by Gasteiger charge is -2.36. The summed E-state index contributed by atoms with van der Waals surface area (Å²) in [6, 6.07) is 4.14. The van der Waals surface area contributed by atoms with Gasteiger partial charge in [-0.1, -0.05) is 12.1 Å². The maximum Gasteiger partial charge on any atom is 0.309 e. The lowest BCUT2D eigenvalue weighted by atomic mass is 9.80. The number of carboxylic acid groups (broad SMARTS) is 1. The Morgan fingerprint density at radius 2 is 2.00 bits per heavy atom. The van der Waals surface area contributed by atoms with Crippen LogP contribution >= 0.6 is 0 Å². The minimum atomic E-state index is -0.843. The van der Waals surface area contributed by atoms with Gasteiger partial charge < -0.3 is 5.11 Å². The van der Waals surface area contributed by atoms with Gasteiger partial charge in [-0.15, -0.1) is 0 Å². The van der Waals surface area contributed by atoms with Gasteiger partial charge in [0.25, 0.3) is 0 Å². The molecule has 1 aliphatic rings. The Morgan fingerprint density at radius 3 is 2.58 bits per heavy atom. The van der Waals surface area contributed by atoms with Crippen molar-refractivity contribution in [2.45, 2.75) is 26.3 Å². The smallest absolute Gasteiger partial charge is 0.309 e. The highest BCUT2D eigenvalue weighted by Crippen LogP contribution is 2.31. The van der Waals surface area contributed by atoms with E-state index in [1.165, 1.54) is 6.07 Å². The highest BCUT2D eigenvalue weighted by Gasteiger charge is 2.36. The third-order valence-electron chi connectivity index (χ3n) is 3.90. The maximum atomic E-state index is 13.5. The van der Waals surface area contributed by atoms with Crippen molar-refractivity contribution in [3.05, 3.63) is 35.4 Å². The van der Waals surface area contributed by atoms with Crippen LogP contribution in [0.15, 0.2) is 18.2 Å². The van der Waals surface area contributed by atoms with Crippen molar-refractivity contribution in [2.75, 3.05) is 13.1 Å². The number of halogens is 2. The molecule has 1 fully saturated rings. The first-order chi connectivity index (χ1) is 8.92. The third-order valence-corrected chi connectivity index (χ3v) is 3.90. The average molecular weight is 269 g/mol. The number of nitrogens with zero attached hydrogens (tertiary/aromatic N) is 1. The molecule has 1 N–H and O–H groups in total. The molecule has 0 unspecified atom stereocenters. The van der Waals surface area contributed by atoms with E-state index in [2.05, 4.69) is 0 Å². The average Bonchev–Trinajstić information content (AvgIpc) is 2.37. The summed E-state index contributed by atoms with van der Waals surface area (Å²) >= 11 is 0. The molecule has 0 atom stereocenters. The molecule has 5 heteroatoms. The molecule has 1 aromatic carbocycles. The van der Waals surface area contributed by atoms with Crippen LogP contribution in [-0.4, -0.2) is 29.1 Å². The van der Waals surface area contributed by atoms with Crippen molar-refractivity contribution in [1.29, 1.82) is 0 Å². The highest BCUT2D eigenvalue weighted by molar-refractivity contribution is 5.74. The van der Waals surface area contributed by atoms with Crippen LogP contribution in [-0.2, 0) is 11.3 Å². The quantitative estimate of drug-likeness (QED) is 0.917. The van der Waals surface area contributed by atoms with Crippen LogP contribution in [0.5, 0.6) is 0 Å². The summed E-state index contributed by atoms with van der Waals surface area (Å²) in [5, 5.41) is 9.13. The van der Waals surface area contributed by atoms with Crippen LogP contribution in [0.3, 0.4) is 0 Å². The molecule has 104 valence electrons. The summed E-state index contributed by atoms with van der Waals surface area (Å²) in [5.41, 5.74) is -0.379. The second kappa shape index (κ2) is 5.25. The Labute approximate surface area is 110 Å². The molecule has 0 aromatic heterocycles. The van der Waals surface area contributed by atoms with Gasteiger partial charge in [0.2, 0.25) is 0 Å². The van der Waals surface area contributed by atoms with Gasteiger partial charge in [-0.2, -0.15) is 0 Å². The second-order valence-electron chi connectivity index (χ2n) is 5.35. The molecule has 0 bridgehead atoms. The third kappa shape index (κ3) is 2.92. The summed E-state index contributed by atoms with van der Waals surface area (Å²) in [4.78, 5) is 13.1. The van der Waals surface area contributed by atoms with E-state index in [9.17, 15) is 13.6 Å². The van der Waals surface area contributed by atoms with E-state index in [4.69, 9.17) is 5.11 Å². The molecule has 1 heterocycles. The van der Waals surface area contributed by atoms with E-state index in [1.807, 2.05) is 4.90 Å². The summed E-state index contributed by atoms with van der Waals surface area (Å²) in [7, 11) is 0. The van der Waals surface area contributed by atoms with Crippen LogP contribution < -0.4 is 0 Å². The van der Waals surface area contributed by atoms with Gasteiger partial charge in [0.15, 0.2) is 11.6 Å². The van der Waals surface area contributed by atoms with Gasteiger partial charge in [0.05, 0.1) is 5.41 Å². The number of likely N-dealkylation sites (tertiary alicyclic amines) is 1. The lowest BCUT2D eigenvalue weighted by molar-refractivity contribution is -0.150. The molecule has 19 heavy (non-hydrogen) atoms. The summed E-state index contributed by atoms with van der Waals surface area (Å²) in [5.74, 6) is -2.44. The molecule has 2 rings (SSSR count). The number of aliphatic carboxylic acids is 1. The van der Waals surface area contributed by atoms with E-state index in [1.54, 1.807) is 13.0 Å². The molecule has 0 spiro atoms. The lowest BCUT2D eigenvalue weighted by Crippen LogP contribution is -2.42. The minimum absolute atomic E-state index is 0.318. The van der Waals surface area contributed by atoms with E-state index < -0.39 is 23.0 Å². The monoisotopic (exact) mass is 269 g/mol. The number of rotatable bonds is 3. The Balaban J connectivity index is 2.00. The largest absolute Gasteiger partial charge is 0.481 e. The van der Waals surface area contributed by atoms with Crippen molar-refractivity contribution >= 4 is 5.97 Å². The molecule has 1 saturated heterocycles. The molecular weight excluding hydrogens is 252 g/mol. The Bertz CT molecular complexity index is 482. The van der Waals surface area contributed by atoms with Crippen molar-refractivity contribution in [3.63, 3.8) is 0 Å². The topological polar surface area (TPSA) is 40.5 Å². The van der Waals surface area contributed by atoms with Gasteiger partial charge in [0.1, 0.15) is 0 Å². The predicted molar refractivity (Wildman–Crippen MR) is 66.6 cm³/mol. The van der Waals surface area contributed by atoms with Gasteiger partial charge in [-0.3, -0.25) is 9.69 Å². The molecule has 0 aliphatic carbocycles. The molecule has 3 nitrogen and oxygen atoms in total. The Hall–Kier alpha value is -1.49. The molecular formula is C14H17F2NO2. The van der Waals surface area contributed by atoms with Crippen molar-refractivity contribution in [2.24, 2.45) is 5.41 Å². The zero-order valence-electron chi connectivity index (χ0n) is 10.8. The first kappa shape index (κ1) is 13.9. The van der Waals surface area contributed by atoms with Gasteiger partial charge in [0, 0.05) is 12.1 Å². The second-order valence-corrected chi connectivity index (χ2v) is 5.35. The number of carboxylic acids is 1. The van der Waals surface area contributed by atoms with Crippen LogP contribution in [0.1, 0.15) is 25.3 Å². The van der Waals surface area contributed by atoms with Crippen LogP contribution in [0.25, 0.3) is 0 Å². The molecule has 0 radical (unpaired) electrons. The van der Waals surface area contributed by atoms with Crippen molar-refractivity contribution in [1.82, 2.24) is 4.90 Å². The number of carbonyl (C=O) groups is 1. The van der Waals surface area contributed by atoms with Crippen molar-refractivity contribution in [3.8, 4) is 0 Å². The molecule has 0 saturated carbocycles. The zero-order valence-corrected chi connectivity index (χ0v) is 10.8. The minimum Gasteiger partial charge on any atom is -0.481 e. The van der Waals surface area contributed by atoms with E-state index in [-0.39, 0.29) is 0 Å². The summed E-state index contributed by atoms with van der Waals surface area (Å²) in [6.45, 7) is 3.21. The Kier molecular flexibility index (Phi) is 3.85. The SMILES string of the molecule is CC1(C(=O)O)CCN(Cc2cccc(F)c2F)CC1. The maximum absolute atomic E-state index is 13.5.